The molecule has 2 heterocycles. The molecule has 6 nitrogen and oxygen atoms in total. The number of anilines is 1. The normalized spacial score (nSPS) is 13.3. The van der Waals surface area contributed by atoms with E-state index in [1.807, 2.05) is 17.5 Å². The summed E-state index contributed by atoms with van der Waals surface area (Å²) >= 11 is 1.40. The summed E-state index contributed by atoms with van der Waals surface area (Å²) in [6.45, 7) is 0.583. The molecule has 32 heavy (non-hydrogen) atoms. The summed E-state index contributed by atoms with van der Waals surface area (Å²) in [7, 11) is 0. The number of carboxylic acids is 1. The van der Waals surface area contributed by atoms with Gasteiger partial charge >= 0.3 is 5.97 Å². The zero-order valence-corrected chi connectivity index (χ0v) is 17.9. The quantitative estimate of drug-likeness (QED) is 0.375. The van der Waals surface area contributed by atoms with Gasteiger partial charge in [-0.1, -0.05) is 12.1 Å². The highest BCUT2D eigenvalue weighted by Crippen LogP contribution is 2.32. The number of ether oxygens (including phenoxy) is 1. The van der Waals surface area contributed by atoms with Gasteiger partial charge in [-0.15, -0.1) is 11.3 Å². The standard InChI is InChI=1S/C24H20FN3O3S/c25-19-10-14(9-16-6-8-32-23(16)19)5-7-26-22-12-20(27-13-28-22)15-1-4-18(24(29)30)21(11-15)31-17-2-3-17/h1,4,6,8-13,17H,2-3,5,7H2,(H,29,30)(H,26,27,28). The number of hydrogen-bond donors (Lipinski definition) is 2. The first-order valence-corrected chi connectivity index (χ1v) is 11.2. The van der Waals surface area contributed by atoms with Crippen molar-refractivity contribution in [2.24, 2.45) is 0 Å². The van der Waals surface area contributed by atoms with Crippen molar-refractivity contribution in [1.29, 1.82) is 0 Å². The lowest BCUT2D eigenvalue weighted by molar-refractivity contribution is 0.0692. The average molecular weight is 450 g/mol. The van der Waals surface area contributed by atoms with Gasteiger partial charge in [0.05, 0.1) is 16.5 Å². The maximum Gasteiger partial charge on any atom is 0.339 e. The molecule has 0 saturated heterocycles. The Labute approximate surface area is 187 Å². The van der Waals surface area contributed by atoms with Crippen LogP contribution in [-0.4, -0.2) is 33.7 Å². The molecule has 4 aromatic rings. The smallest absolute Gasteiger partial charge is 0.339 e. The second-order valence-electron chi connectivity index (χ2n) is 7.72. The second kappa shape index (κ2) is 8.55. The first-order chi connectivity index (χ1) is 15.6. The van der Waals surface area contributed by atoms with E-state index in [1.54, 1.807) is 30.3 Å². The third kappa shape index (κ3) is 4.40. The van der Waals surface area contributed by atoms with Crippen LogP contribution in [0.2, 0.25) is 0 Å². The van der Waals surface area contributed by atoms with Crippen LogP contribution in [0, 0.1) is 5.82 Å². The van der Waals surface area contributed by atoms with Crippen molar-refractivity contribution in [1.82, 2.24) is 9.97 Å². The molecule has 0 spiro atoms. The lowest BCUT2D eigenvalue weighted by Crippen LogP contribution is -2.07. The molecule has 2 N–H and O–H groups in total. The molecule has 1 saturated carbocycles. The summed E-state index contributed by atoms with van der Waals surface area (Å²) in [6, 6.07) is 12.3. The minimum atomic E-state index is -1.02. The fourth-order valence-electron chi connectivity index (χ4n) is 3.51. The highest BCUT2D eigenvalue weighted by molar-refractivity contribution is 7.17. The predicted octanol–water partition coefficient (Wildman–Crippen LogP) is 5.39. The van der Waals surface area contributed by atoms with Crippen LogP contribution < -0.4 is 10.1 Å². The minimum Gasteiger partial charge on any atom is -0.490 e. The molecule has 1 aliphatic carbocycles. The van der Waals surface area contributed by atoms with E-state index < -0.39 is 5.97 Å². The van der Waals surface area contributed by atoms with E-state index in [9.17, 15) is 14.3 Å². The third-order valence-electron chi connectivity index (χ3n) is 5.28. The summed E-state index contributed by atoms with van der Waals surface area (Å²) in [5.74, 6) is -0.212. The second-order valence-corrected chi connectivity index (χ2v) is 8.63. The monoisotopic (exact) mass is 449 g/mol. The zero-order valence-electron chi connectivity index (χ0n) is 17.0. The lowest BCUT2D eigenvalue weighted by atomic mass is 10.1. The third-order valence-corrected chi connectivity index (χ3v) is 6.22. The molecule has 5 rings (SSSR count). The van der Waals surface area contributed by atoms with Gasteiger partial charge in [0.15, 0.2) is 0 Å². The number of rotatable bonds is 8. The molecule has 162 valence electrons. The maximum atomic E-state index is 14.2. The first-order valence-electron chi connectivity index (χ1n) is 10.3. The molecule has 2 aromatic carbocycles. The van der Waals surface area contributed by atoms with Gasteiger partial charge in [0.2, 0.25) is 0 Å². The molecule has 0 amide bonds. The molecule has 0 atom stereocenters. The molecule has 2 aromatic heterocycles. The highest BCUT2D eigenvalue weighted by Gasteiger charge is 2.26. The Morgan fingerprint density at radius 1 is 1.19 bits per heavy atom. The largest absolute Gasteiger partial charge is 0.490 e. The number of thiophene rings is 1. The van der Waals surface area contributed by atoms with E-state index in [1.165, 1.54) is 17.7 Å². The van der Waals surface area contributed by atoms with E-state index in [4.69, 9.17) is 4.74 Å². The van der Waals surface area contributed by atoms with Crippen LogP contribution in [0.3, 0.4) is 0 Å². The van der Waals surface area contributed by atoms with Crippen LogP contribution in [0.5, 0.6) is 5.75 Å². The van der Waals surface area contributed by atoms with Crippen LogP contribution in [0.25, 0.3) is 21.3 Å². The molecule has 1 fully saturated rings. The van der Waals surface area contributed by atoms with Crippen molar-refractivity contribution < 1.29 is 19.0 Å². The van der Waals surface area contributed by atoms with E-state index >= 15 is 0 Å². The van der Waals surface area contributed by atoms with Crippen LogP contribution in [0.4, 0.5) is 10.2 Å². The molecule has 0 radical (unpaired) electrons. The van der Waals surface area contributed by atoms with Gasteiger partial charge in [0.25, 0.3) is 0 Å². The van der Waals surface area contributed by atoms with Crippen LogP contribution in [0.1, 0.15) is 28.8 Å². The SMILES string of the molecule is O=C(O)c1ccc(-c2cc(NCCc3cc(F)c4sccc4c3)ncn2)cc1OC1CC1. The summed E-state index contributed by atoms with van der Waals surface area (Å²) in [5, 5.41) is 15.5. The number of fused-ring (bicyclic) bond motifs is 1. The van der Waals surface area contributed by atoms with Gasteiger partial charge < -0.3 is 15.2 Å². The minimum absolute atomic E-state index is 0.0871. The fraction of sp³-hybridized carbons (Fsp3) is 0.208. The van der Waals surface area contributed by atoms with E-state index in [0.717, 1.165) is 29.4 Å². The van der Waals surface area contributed by atoms with Gasteiger partial charge in [0.1, 0.15) is 29.3 Å². The summed E-state index contributed by atoms with van der Waals surface area (Å²) in [4.78, 5) is 20.1. The van der Waals surface area contributed by atoms with Crippen molar-refractivity contribution in [2.75, 3.05) is 11.9 Å². The van der Waals surface area contributed by atoms with Gasteiger partial charge in [-0.05, 0) is 59.9 Å². The van der Waals surface area contributed by atoms with Gasteiger partial charge in [0, 0.05) is 18.2 Å². The first kappa shape index (κ1) is 20.4. The molecule has 0 aliphatic heterocycles. The lowest BCUT2D eigenvalue weighted by Gasteiger charge is -2.11. The number of carboxylic acid groups (broad SMARTS) is 1. The summed E-state index contributed by atoms with van der Waals surface area (Å²) in [6.07, 6.45) is 4.07. The molecule has 8 heteroatoms. The van der Waals surface area contributed by atoms with Crippen molar-refractivity contribution in [3.8, 4) is 17.0 Å². The number of hydrogen-bond acceptors (Lipinski definition) is 6. The van der Waals surface area contributed by atoms with Crippen molar-refractivity contribution in [3.05, 3.63) is 71.1 Å². The Bertz CT molecular complexity index is 1300. The van der Waals surface area contributed by atoms with Crippen LogP contribution >= 0.6 is 11.3 Å². The molecular formula is C24H20FN3O3S. The average Bonchev–Trinajstić information content (AvgIpc) is 3.46. The summed E-state index contributed by atoms with van der Waals surface area (Å²) < 4.78 is 20.7. The number of halogens is 1. The number of aromatic nitrogens is 2. The number of benzene rings is 2. The topological polar surface area (TPSA) is 84.3 Å². The number of aromatic carboxylic acids is 1. The van der Waals surface area contributed by atoms with Gasteiger partial charge in [-0.25, -0.2) is 19.2 Å². The number of nitrogens with one attached hydrogen (secondary N) is 1. The molecule has 0 bridgehead atoms. The Kier molecular flexibility index (Phi) is 5.45. The van der Waals surface area contributed by atoms with Crippen LogP contribution in [-0.2, 0) is 6.42 Å². The highest BCUT2D eigenvalue weighted by atomic mass is 32.1. The zero-order chi connectivity index (χ0) is 22.1. The van der Waals surface area contributed by atoms with Crippen molar-refractivity contribution >= 4 is 33.2 Å². The predicted molar refractivity (Wildman–Crippen MR) is 122 cm³/mol. The van der Waals surface area contributed by atoms with Gasteiger partial charge in [-0.3, -0.25) is 0 Å². The van der Waals surface area contributed by atoms with Crippen LogP contribution in [0.15, 0.2) is 54.2 Å². The van der Waals surface area contributed by atoms with E-state index in [2.05, 4.69) is 15.3 Å². The Morgan fingerprint density at radius 2 is 2.06 bits per heavy atom. The van der Waals surface area contributed by atoms with E-state index in [-0.39, 0.29) is 17.5 Å². The van der Waals surface area contributed by atoms with E-state index in [0.29, 0.717) is 34.9 Å². The Morgan fingerprint density at radius 3 is 2.88 bits per heavy atom. The van der Waals surface area contributed by atoms with Gasteiger partial charge in [-0.2, -0.15) is 0 Å². The Balaban J connectivity index is 1.30. The maximum absolute atomic E-state index is 14.2. The van der Waals surface area contributed by atoms with Crippen molar-refractivity contribution in [2.45, 2.75) is 25.4 Å². The number of carbonyl (C=O) groups is 1. The number of nitrogens with zero attached hydrogens (tertiary/aromatic N) is 2. The van der Waals surface area contributed by atoms with Crippen molar-refractivity contribution in [3.63, 3.8) is 0 Å². The summed E-state index contributed by atoms with van der Waals surface area (Å²) in [5.41, 5.74) is 2.47. The Hall–Kier alpha value is -3.52. The fourth-order valence-corrected chi connectivity index (χ4v) is 4.29. The molecular weight excluding hydrogens is 429 g/mol. The molecule has 1 aliphatic rings. The molecule has 0 unspecified atom stereocenters.